The molecule has 0 fully saturated rings. The molecule has 0 aliphatic rings. The normalized spacial score (nSPS) is 11.0. The predicted molar refractivity (Wildman–Crippen MR) is 62.7 cm³/mol. The molecule has 0 saturated carbocycles. The summed E-state index contributed by atoms with van der Waals surface area (Å²) in [7, 11) is 0. The minimum absolute atomic E-state index is 0.141. The Morgan fingerprint density at radius 1 is 1.41 bits per heavy atom. The van der Waals surface area contributed by atoms with Crippen LogP contribution in [0.25, 0.3) is 6.08 Å². The van der Waals surface area contributed by atoms with E-state index in [0.717, 1.165) is 0 Å². The van der Waals surface area contributed by atoms with Gasteiger partial charge in [-0.05, 0) is 5.56 Å². The molecule has 0 N–H and O–H groups in total. The average molecular weight is 235 g/mol. The van der Waals surface area contributed by atoms with Gasteiger partial charge in [0.1, 0.15) is 0 Å². The highest BCUT2D eigenvalue weighted by molar-refractivity contribution is 5.69. The van der Waals surface area contributed by atoms with Crippen LogP contribution in [-0.2, 0) is 9.53 Å². The molecule has 0 heterocycles. The van der Waals surface area contributed by atoms with E-state index in [1.807, 2.05) is 6.07 Å². The van der Waals surface area contributed by atoms with Crippen LogP contribution in [0.2, 0.25) is 0 Å². The number of rotatable bonds is 5. The monoisotopic (exact) mass is 235 g/mol. The van der Waals surface area contributed by atoms with Gasteiger partial charge >= 0.3 is 5.97 Å². The number of nitrogens with zero attached hydrogens (tertiary/aromatic N) is 1. The number of ether oxygens (including phenoxy) is 1. The standard InChI is InChI=1S/C12H13NO4/c1-2-12(14)17-9-11(13(15)16)8-10-6-4-3-5-7-10/h3-8H,2,9H2,1H3. The molecular formula is C12H13NO4. The highest BCUT2D eigenvalue weighted by Crippen LogP contribution is 2.08. The van der Waals surface area contributed by atoms with E-state index >= 15 is 0 Å². The van der Waals surface area contributed by atoms with Crippen LogP contribution in [0.5, 0.6) is 0 Å². The fraction of sp³-hybridized carbons (Fsp3) is 0.250. The second-order valence-corrected chi connectivity index (χ2v) is 3.32. The van der Waals surface area contributed by atoms with Gasteiger partial charge in [-0.1, -0.05) is 37.3 Å². The molecule has 1 aromatic rings. The summed E-state index contributed by atoms with van der Waals surface area (Å²) in [6.45, 7) is 1.32. The minimum atomic E-state index is -0.546. The maximum absolute atomic E-state index is 10.9. The number of hydrogen-bond donors (Lipinski definition) is 0. The number of benzene rings is 1. The molecule has 0 saturated heterocycles. The van der Waals surface area contributed by atoms with Gasteiger partial charge in [0.2, 0.25) is 0 Å². The molecule has 0 aliphatic carbocycles. The Morgan fingerprint density at radius 2 is 2.06 bits per heavy atom. The van der Waals surface area contributed by atoms with E-state index in [9.17, 15) is 14.9 Å². The van der Waals surface area contributed by atoms with Gasteiger partial charge < -0.3 is 4.74 Å². The molecule has 0 unspecified atom stereocenters. The third kappa shape index (κ3) is 4.46. The lowest BCUT2D eigenvalue weighted by Gasteiger charge is -2.01. The predicted octanol–water partition coefficient (Wildman–Crippen LogP) is 2.26. The minimum Gasteiger partial charge on any atom is -0.454 e. The molecule has 1 rings (SSSR count). The summed E-state index contributed by atoms with van der Waals surface area (Å²) in [5, 5.41) is 10.8. The third-order valence-electron chi connectivity index (χ3n) is 2.04. The molecule has 1 aromatic carbocycles. The van der Waals surface area contributed by atoms with Gasteiger partial charge in [-0.3, -0.25) is 14.9 Å². The Labute approximate surface area is 98.9 Å². The van der Waals surface area contributed by atoms with E-state index in [-0.39, 0.29) is 18.7 Å². The van der Waals surface area contributed by atoms with Crippen LogP contribution in [0.15, 0.2) is 36.0 Å². The van der Waals surface area contributed by atoms with Crippen molar-refractivity contribution in [3.05, 3.63) is 51.7 Å². The first kappa shape index (κ1) is 12.9. The first-order valence-corrected chi connectivity index (χ1v) is 5.19. The van der Waals surface area contributed by atoms with Crippen molar-refractivity contribution < 1.29 is 14.5 Å². The van der Waals surface area contributed by atoms with Crippen molar-refractivity contribution in [2.75, 3.05) is 6.61 Å². The Morgan fingerprint density at radius 3 is 2.59 bits per heavy atom. The molecule has 0 aliphatic heterocycles. The van der Waals surface area contributed by atoms with E-state index in [4.69, 9.17) is 4.74 Å². The van der Waals surface area contributed by atoms with Crippen molar-refractivity contribution in [1.82, 2.24) is 0 Å². The second-order valence-electron chi connectivity index (χ2n) is 3.32. The molecule has 0 aromatic heterocycles. The summed E-state index contributed by atoms with van der Waals surface area (Å²) in [4.78, 5) is 21.1. The van der Waals surface area contributed by atoms with Crippen LogP contribution < -0.4 is 0 Å². The third-order valence-corrected chi connectivity index (χ3v) is 2.04. The molecule has 5 nitrogen and oxygen atoms in total. The topological polar surface area (TPSA) is 69.4 Å². The Kier molecular flexibility index (Phi) is 4.87. The number of carbonyl (C=O) groups excluding carboxylic acids is 1. The molecule has 90 valence electrons. The highest BCUT2D eigenvalue weighted by atomic mass is 16.6. The molecule has 0 atom stereocenters. The zero-order valence-corrected chi connectivity index (χ0v) is 9.46. The molecule has 0 amide bonds. The fourth-order valence-corrected chi connectivity index (χ4v) is 1.15. The number of hydrogen-bond acceptors (Lipinski definition) is 4. The molecule has 0 radical (unpaired) electrons. The SMILES string of the molecule is CCC(=O)OCC(=Cc1ccccc1)[N+](=O)[O-]. The second kappa shape index (κ2) is 6.42. The van der Waals surface area contributed by atoms with Crippen LogP contribution in [0.3, 0.4) is 0 Å². The van der Waals surface area contributed by atoms with Gasteiger partial charge in [0.15, 0.2) is 6.61 Å². The quantitative estimate of drug-likeness (QED) is 0.446. The number of carbonyl (C=O) groups is 1. The summed E-state index contributed by atoms with van der Waals surface area (Å²) in [5.41, 5.74) is 0.560. The lowest BCUT2D eigenvalue weighted by atomic mass is 10.2. The fourth-order valence-electron chi connectivity index (χ4n) is 1.15. The lowest BCUT2D eigenvalue weighted by molar-refractivity contribution is -0.428. The van der Waals surface area contributed by atoms with E-state index in [0.29, 0.717) is 5.56 Å². The van der Waals surface area contributed by atoms with Gasteiger partial charge in [0, 0.05) is 12.5 Å². The van der Waals surface area contributed by atoms with E-state index in [2.05, 4.69) is 0 Å². The first-order chi connectivity index (χ1) is 8.13. The maximum atomic E-state index is 10.9. The van der Waals surface area contributed by atoms with Crippen LogP contribution >= 0.6 is 0 Å². The summed E-state index contributed by atoms with van der Waals surface area (Å²) in [6.07, 6.45) is 1.60. The smallest absolute Gasteiger partial charge is 0.306 e. The van der Waals surface area contributed by atoms with Crippen LogP contribution in [0.1, 0.15) is 18.9 Å². The zero-order valence-electron chi connectivity index (χ0n) is 9.46. The maximum Gasteiger partial charge on any atom is 0.306 e. The van der Waals surface area contributed by atoms with Crippen LogP contribution in [0, 0.1) is 10.1 Å². The zero-order chi connectivity index (χ0) is 12.7. The van der Waals surface area contributed by atoms with Crippen LogP contribution in [-0.4, -0.2) is 17.5 Å². The lowest BCUT2D eigenvalue weighted by Crippen LogP contribution is -2.11. The molecule has 5 heteroatoms. The molecule has 0 bridgehead atoms. The van der Waals surface area contributed by atoms with Gasteiger partial charge in [-0.25, -0.2) is 0 Å². The summed E-state index contributed by atoms with van der Waals surface area (Å²) < 4.78 is 4.74. The average Bonchev–Trinajstić information content (AvgIpc) is 2.34. The van der Waals surface area contributed by atoms with E-state index in [1.165, 1.54) is 6.08 Å². The van der Waals surface area contributed by atoms with Crippen molar-refractivity contribution in [1.29, 1.82) is 0 Å². The summed E-state index contributed by atoms with van der Waals surface area (Å²) in [6, 6.07) is 8.86. The van der Waals surface area contributed by atoms with Gasteiger partial charge in [0.25, 0.3) is 5.70 Å². The molecule has 0 spiro atoms. The molecular weight excluding hydrogens is 222 g/mol. The highest BCUT2D eigenvalue weighted by Gasteiger charge is 2.13. The Hall–Kier alpha value is -2.17. The summed E-state index contributed by atoms with van der Waals surface area (Å²) >= 11 is 0. The van der Waals surface area contributed by atoms with Crippen molar-refractivity contribution in [2.45, 2.75) is 13.3 Å². The van der Waals surface area contributed by atoms with Gasteiger partial charge in [0.05, 0.1) is 4.92 Å². The Balaban J connectivity index is 2.76. The number of nitro groups is 1. The number of esters is 1. The van der Waals surface area contributed by atoms with Crippen molar-refractivity contribution in [3.63, 3.8) is 0 Å². The Bertz CT molecular complexity index is 425. The first-order valence-electron chi connectivity index (χ1n) is 5.19. The van der Waals surface area contributed by atoms with Gasteiger partial charge in [-0.15, -0.1) is 0 Å². The van der Waals surface area contributed by atoms with Crippen molar-refractivity contribution in [3.8, 4) is 0 Å². The van der Waals surface area contributed by atoms with E-state index in [1.54, 1.807) is 31.2 Å². The van der Waals surface area contributed by atoms with Crippen molar-refractivity contribution >= 4 is 12.0 Å². The van der Waals surface area contributed by atoms with E-state index < -0.39 is 10.9 Å². The molecule has 17 heavy (non-hydrogen) atoms. The largest absolute Gasteiger partial charge is 0.454 e. The summed E-state index contributed by atoms with van der Waals surface area (Å²) in [5.74, 6) is -0.453. The van der Waals surface area contributed by atoms with Crippen LogP contribution in [0.4, 0.5) is 0 Å². The van der Waals surface area contributed by atoms with Crippen molar-refractivity contribution in [2.24, 2.45) is 0 Å². The van der Waals surface area contributed by atoms with Gasteiger partial charge in [-0.2, -0.15) is 0 Å².